The highest BCUT2D eigenvalue weighted by molar-refractivity contribution is 7.17. The van der Waals surface area contributed by atoms with E-state index in [1.165, 1.54) is 11.3 Å². The van der Waals surface area contributed by atoms with Crippen LogP contribution in [0, 0.1) is 0 Å². The van der Waals surface area contributed by atoms with Crippen molar-refractivity contribution < 1.29 is 14.4 Å². The molecule has 3 amide bonds. The van der Waals surface area contributed by atoms with Gasteiger partial charge in [-0.1, -0.05) is 18.2 Å². The summed E-state index contributed by atoms with van der Waals surface area (Å²) in [6, 6.07) is 20.7. The Bertz CT molecular complexity index is 1660. The monoisotopic (exact) mass is 563 g/mol. The molecule has 4 heterocycles. The van der Waals surface area contributed by atoms with Crippen molar-refractivity contribution in [3.05, 3.63) is 94.5 Å². The van der Waals surface area contributed by atoms with Crippen molar-refractivity contribution in [1.29, 1.82) is 0 Å². The van der Waals surface area contributed by atoms with Crippen LogP contribution in [0.4, 0.5) is 17.2 Å². The van der Waals surface area contributed by atoms with Crippen LogP contribution in [0.25, 0.3) is 10.4 Å². The molecule has 7 rings (SSSR count). The second kappa shape index (κ2) is 10.5. The second-order valence-corrected chi connectivity index (χ2v) is 11.7. The molecule has 3 aliphatic rings. The number of benzene rings is 2. The molecule has 0 bridgehead atoms. The SMILES string of the molecule is O=C(NC1CC1)c1cc2c(s1)-c1ccccc1N(C(=O)c1ccc(NC(=O)c3cccnc3N3CCC3)cc1)CC2. The molecule has 1 saturated carbocycles. The number of pyridine rings is 1. The summed E-state index contributed by atoms with van der Waals surface area (Å²) < 4.78 is 0. The molecule has 2 N–H and O–H groups in total. The molecule has 1 saturated heterocycles. The molecular weight excluding hydrogens is 534 g/mol. The number of aromatic nitrogens is 1. The molecule has 2 aromatic carbocycles. The number of fused-ring (bicyclic) bond motifs is 3. The Kier molecular flexibility index (Phi) is 6.51. The van der Waals surface area contributed by atoms with E-state index in [0.29, 0.717) is 41.6 Å². The average molecular weight is 564 g/mol. The van der Waals surface area contributed by atoms with Gasteiger partial charge in [-0.2, -0.15) is 0 Å². The lowest BCUT2D eigenvalue weighted by Crippen LogP contribution is -2.39. The van der Waals surface area contributed by atoms with Crippen molar-refractivity contribution in [2.75, 3.05) is 34.8 Å². The van der Waals surface area contributed by atoms with Crippen molar-refractivity contribution in [3.8, 4) is 10.4 Å². The van der Waals surface area contributed by atoms with Gasteiger partial charge in [-0.15, -0.1) is 11.3 Å². The van der Waals surface area contributed by atoms with E-state index in [4.69, 9.17) is 0 Å². The Morgan fingerprint density at radius 1 is 0.902 bits per heavy atom. The molecule has 4 aromatic rings. The molecule has 206 valence electrons. The third kappa shape index (κ3) is 4.97. The van der Waals surface area contributed by atoms with Gasteiger partial charge in [0.05, 0.1) is 16.1 Å². The predicted molar refractivity (Wildman–Crippen MR) is 161 cm³/mol. The molecule has 8 nitrogen and oxygen atoms in total. The van der Waals surface area contributed by atoms with Gasteiger partial charge in [0, 0.05) is 53.6 Å². The van der Waals surface area contributed by atoms with E-state index in [1.807, 2.05) is 35.2 Å². The molecular formula is C32H29N5O3S. The van der Waals surface area contributed by atoms with Crippen molar-refractivity contribution in [3.63, 3.8) is 0 Å². The first kappa shape index (κ1) is 25.5. The van der Waals surface area contributed by atoms with Gasteiger partial charge in [-0.25, -0.2) is 4.98 Å². The minimum Gasteiger partial charge on any atom is -0.356 e. The fourth-order valence-electron chi connectivity index (χ4n) is 5.31. The van der Waals surface area contributed by atoms with Crippen molar-refractivity contribution in [2.24, 2.45) is 0 Å². The Balaban J connectivity index is 1.09. The Hall–Kier alpha value is -4.50. The summed E-state index contributed by atoms with van der Waals surface area (Å²) in [6.07, 6.45) is 5.56. The minimum absolute atomic E-state index is 0.0107. The van der Waals surface area contributed by atoms with Crippen LogP contribution >= 0.6 is 11.3 Å². The summed E-state index contributed by atoms with van der Waals surface area (Å²) in [5, 5.41) is 6.03. The van der Waals surface area contributed by atoms with E-state index in [0.717, 1.165) is 58.9 Å². The standard InChI is InChI=1S/C32H29N5O3S/c38-30(25-6-3-15-33-29(25)36-16-4-17-36)34-22-10-8-20(9-11-22)32(40)37-18-14-21-19-27(31(39)35-23-12-13-23)41-28(21)24-5-1-2-7-26(24)37/h1-3,5-11,15,19,23H,4,12-14,16-18H2,(H,34,38)(H,35,39). The highest BCUT2D eigenvalue weighted by Gasteiger charge is 2.29. The predicted octanol–water partition coefficient (Wildman–Crippen LogP) is 5.37. The first-order chi connectivity index (χ1) is 20.0. The number of nitrogens with zero attached hydrogens (tertiary/aromatic N) is 3. The van der Waals surface area contributed by atoms with E-state index >= 15 is 0 Å². The molecule has 0 spiro atoms. The van der Waals surface area contributed by atoms with Crippen molar-refractivity contribution >= 4 is 46.3 Å². The zero-order chi connectivity index (χ0) is 27.9. The van der Waals surface area contributed by atoms with Gasteiger partial charge < -0.3 is 20.4 Å². The van der Waals surface area contributed by atoms with Gasteiger partial charge in [-0.05, 0) is 79.8 Å². The van der Waals surface area contributed by atoms with Gasteiger partial charge >= 0.3 is 0 Å². The Morgan fingerprint density at radius 2 is 1.71 bits per heavy atom. The molecule has 2 fully saturated rings. The maximum Gasteiger partial charge on any atom is 0.261 e. The summed E-state index contributed by atoms with van der Waals surface area (Å²) >= 11 is 1.49. The summed E-state index contributed by atoms with van der Waals surface area (Å²) in [7, 11) is 0. The lowest BCUT2D eigenvalue weighted by molar-refractivity contribution is 0.0952. The van der Waals surface area contributed by atoms with E-state index in [1.54, 1.807) is 42.6 Å². The van der Waals surface area contributed by atoms with E-state index < -0.39 is 0 Å². The molecule has 2 aromatic heterocycles. The first-order valence-electron chi connectivity index (χ1n) is 14.0. The summed E-state index contributed by atoms with van der Waals surface area (Å²) in [5.74, 6) is 0.358. The van der Waals surface area contributed by atoms with Crippen LogP contribution in [0.5, 0.6) is 0 Å². The number of rotatable bonds is 6. The number of anilines is 3. The zero-order valence-electron chi connectivity index (χ0n) is 22.4. The highest BCUT2D eigenvalue weighted by atomic mass is 32.1. The van der Waals surface area contributed by atoms with Gasteiger partial charge in [0.25, 0.3) is 17.7 Å². The Labute approximate surface area is 242 Å². The minimum atomic E-state index is -0.225. The van der Waals surface area contributed by atoms with Gasteiger partial charge in [-0.3, -0.25) is 14.4 Å². The van der Waals surface area contributed by atoms with Crippen LogP contribution in [-0.4, -0.2) is 48.4 Å². The van der Waals surface area contributed by atoms with Crippen LogP contribution in [0.15, 0.2) is 72.9 Å². The summed E-state index contributed by atoms with van der Waals surface area (Å²) in [5.41, 5.74) is 4.57. The van der Waals surface area contributed by atoms with Gasteiger partial charge in [0.2, 0.25) is 0 Å². The highest BCUT2D eigenvalue weighted by Crippen LogP contribution is 2.42. The van der Waals surface area contributed by atoms with Crippen molar-refractivity contribution in [1.82, 2.24) is 10.3 Å². The number of amides is 3. The Morgan fingerprint density at radius 3 is 2.46 bits per heavy atom. The van der Waals surface area contributed by atoms with Gasteiger partial charge in [0.15, 0.2) is 0 Å². The fraction of sp³-hybridized carbons (Fsp3) is 0.250. The lowest BCUT2D eigenvalue weighted by Gasteiger charge is -2.33. The number of hydrogen-bond acceptors (Lipinski definition) is 6. The summed E-state index contributed by atoms with van der Waals surface area (Å²) in [6.45, 7) is 2.30. The number of para-hydroxylation sites is 1. The van der Waals surface area contributed by atoms with E-state index in [-0.39, 0.29) is 17.7 Å². The molecule has 0 atom stereocenters. The smallest absolute Gasteiger partial charge is 0.261 e. The van der Waals surface area contributed by atoms with Gasteiger partial charge in [0.1, 0.15) is 5.82 Å². The van der Waals surface area contributed by atoms with Crippen LogP contribution in [0.2, 0.25) is 0 Å². The van der Waals surface area contributed by atoms with Crippen LogP contribution in [0.1, 0.15) is 55.2 Å². The lowest BCUT2D eigenvalue weighted by atomic mass is 10.1. The van der Waals surface area contributed by atoms with Crippen LogP contribution < -0.4 is 20.4 Å². The number of hydrogen-bond donors (Lipinski definition) is 2. The van der Waals surface area contributed by atoms with E-state index in [2.05, 4.69) is 20.5 Å². The normalized spacial score (nSPS) is 15.7. The fourth-order valence-corrected chi connectivity index (χ4v) is 6.46. The number of carbonyl (C=O) groups is 3. The maximum atomic E-state index is 13.8. The largest absolute Gasteiger partial charge is 0.356 e. The number of thiophene rings is 1. The third-order valence-electron chi connectivity index (χ3n) is 7.81. The molecule has 2 aliphatic heterocycles. The molecule has 9 heteroatoms. The zero-order valence-corrected chi connectivity index (χ0v) is 23.2. The number of nitrogens with one attached hydrogen (secondary N) is 2. The first-order valence-corrected chi connectivity index (χ1v) is 14.8. The molecule has 0 unspecified atom stereocenters. The van der Waals surface area contributed by atoms with Crippen molar-refractivity contribution in [2.45, 2.75) is 31.7 Å². The molecule has 0 radical (unpaired) electrons. The summed E-state index contributed by atoms with van der Waals surface area (Å²) in [4.78, 5) is 49.6. The van der Waals surface area contributed by atoms with E-state index in [9.17, 15) is 14.4 Å². The molecule has 1 aliphatic carbocycles. The molecule has 41 heavy (non-hydrogen) atoms. The van der Waals surface area contributed by atoms with Crippen LogP contribution in [0.3, 0.4) is 0 Å². The van der Waals surface area contributed by atoms with Crippen LogP contribution in [-0.2, 0) is 6.42 Å². The quantitative estimate of drug-likeness (QED) is 0.329. The second-order valence-electron chi connectivity index (χ2n) is 10.7. The maximum absolute atomic E-state index is 13.8. The topological polar surface area (TPSA) is 94.6 Å². The third-order valence-corrected chi connectivity index (χ3v) is 9.02. The average Bonchev–Trinajstić information content (AvgIpc) is 3.71. The number of carbonyl (C=O) groups excluding carboxylic acids is 3.